The Balaban J connectivity index is 3.23. The Bertz CT molecular complexity index is 386. The summed E-state index contributed by atoms with van der Waals surface area (Å²) >= 11 is 0. The molecule has 16 heavy (non-hydrogen) atoms. The van der Waals surface area contributed by atoms with Crippen molar-refractivity contribution in [1.29, 1.82) is 0 Å². The van der Waals surface area contributed by atoms with Gasteiger partial charge in [0, 0.05) is 6.42 Å². The molecule has 0 amide bonds. The number of carbonyl (C=O) groups is 2. The van der Waals surface area contributed by atoms with Gasteiger partial charge in [-0.1, -0.05) is 25.0 Å². The molecular formula is C12H14O4. The van der Waals surface area contributed by atoms with Crippen molar-refractivity contribution in [3.63, 3.8) is 0 Å². The van der Waals surface area contributed by atoms with E-state index >= 15 is 0 Å². The predicted molar refractivity (Wildman–Crippen MR) is 57.6 cm³/mol. The summed E-state index contributed by atoms with van der Waals surface area (Å²) in [6.07, 6.45) is 4.52. The van der Waals surface area contributed by atoms with Crippen LogP contribution >= 0.6 is 0 Å². The summed E-state index contributed by atoms with van der Waals surface area (Å²) in [6.45, 7) is 1.80. The van der Waals surface area contributed by atoms with Crippen LogP contribution in [0.5, 0.6) is 0 Å². The minimum Gasteiger partial charge on any atom is -0.481 e. The molecule has 0 bridgehead atoms. The fourth-order valence-electron chi connectivity index (χ4n) is 1.83. The van der Waals surface area contributed by atoms with Gasteiger partial charge in [-0.2, -0.15) is 0 Å². The highest BCUT2D eigenvalue weighted by Gasteiger charge is 2.47. The van der Waals surface area contributed by atoms with Crippen molar-refractivity contribution >= 4 is 11.9 Å². The molecule has 0 radical (unpaired) electrons. The van der Waals surface area contributed by atoms with Crippen LogP contribution in [0.4, 0.5) is 0 Å². The summed E-state index contributed by atoms with van der Waals surface area (Å²) in [5.41, 5.74) is -1.56. The van der Waals surface area contributed by atoms with Crippen LogP contribution in [0.1, 0.15) is 26.2 Å². The fraction of sp³-hybridized carbons (Fsp3) is 0.500. The highest BCUT2D eigenvalue weighted by atomic mass is 16.4. The van der Waals surface area contributed by atoms with Crippen LogP contribution in [0.15, 0.2) is 12.2 Å². The highest BCUT2D eigenvalue weighted by Crippen LogP contribution is 2.37. The van der Waals surface area contributed by atoms with Crippen LogP contribution < -0.4 is 0 Å². The second-order valence-electron chi connectivity index (χ2n) is 3.70. The van der Waals surface area contributed by atoms with Gasteiger partial charge in [-0.25, -0.2) is 0 Å². The first-order valence-corrected chi connectivity index (χ1v) is 5.18. The summed E-state index contributed by atoms with van der Waals surface area (Å²) in [7, 11) is 0. The van der Waals surface area contributed by atoms with Crippen LogP contribution in [0.2, 0.25) is 0 Å². The second-order valence-corrected chi connectivity index (χ2v) is 3.70. The molecule has 86 valence electrons. The Labute approximate surface area is 94.0 Å². The lowest BCUT2D eigenvalue weighted by molar-refractivity contribution is -0.156. The lowest BCUT2D eigenvalue weighted by Gasteiger charge is -2.29. The molecule has 4 nitrogen and oxygen atoms in total. The van der Waals surface area contributed by atoms with E-state index < -0.39 is 23.3 Å². The Hall–Kier alpha value is -1.76. The monoisotopic (exact) mass is 222 g/mol. The van der Waals surface area contributed by atoms with E-state index in [1.165, 1.54) is 6.08 Å². The second kappa shape index (κ2) is 4.84. The third-order valence-electron chi connectivity index (χ3n) is 2.68. The van der Waals surface area contributed by atoms with Crippen LogP contribution in [0, 0.1) is 23.2 Å². The Morgan fingerprint density at radius 2 is 2.19 bits per heavy atom. The quantitative estimate of drug-likeness (QED) is 0.548. The first-order valence-electron chi connectivity index (χ1n) is 5.18. The first-order chi connectivity index (χ1) is 7.54. The van der Waals surface area contributed by atoms with E-state index in [0.29, 0.717) is 19.3 Å². The molecule has 4 heteroatoms. The number of rotatable bonds is 2. The molecule has 1 rings (SSSR count). The third-order valence-corrected chi connectivity index (χ3v) is 2.68. The zero-order chi connectivity index (χ0) is 12.2. The average Bonchev–Trinajstić information content (AvgIpc) is 2.26. The minimum absolute atomic E-state index is 0.316. The molecule has 2 unspecified atom stereocenters. The standard InChI is InChI=1S/C12H14O4/c1-2-3-7-12(11(15)16)8-5-4-6-9(12)10(13)14/h5,8-9H,2,4,6H2,1H3,(H,13,14)(H,15,16). The summed E-state index contributed by atoms with van der Waals surface area (Å²) in [4.78, 5) is 22.4. The number of allylic oxidation sites excluding steroid dienone is 1. The summed E-state index contributed by atoms with van der Waals surface area (Å²) < 4.78 is 0. The molecule has 2 N–H and O–H groups in total. The molecule has 0 saturated carbocycles. The molecule has 2 atom stereocenters. The van der Waals surface area contributed by atoms with Crippen molar-refractivity contribution in [2.75, 3.05) is 0 Å². The summed E-state index contributed by atoms with van der Waals surface area (Å²) in [5, 5.41) is 18.3. The van der Waals surface area contributed by atoms with Crippen molar-refractivity contribution in [3.05, 3.63) is 12.2 Å². The topological polar surface area (TPSA) is 74.6 Å². The van der Waals surface area contributed by atoms with Gasteiger partial charge >= 0.3 is 11.9 Å². The molecule has 0 aromatic rings. The van der Waals surface area contributed by atoms with Crippen molar-refractivity contribution < 1.29 is 19.8 Å². The lowest BCUT2D eigenvalue weighted by atomic mass is 9.70. The molecule has 0 heterocycles. The maximum Gasteiger partial charge on any atom is 0.326 e. The van der Waals surface area contributed by atoms with Gasteiger partial charge in [-0.15, -0.1) is 5.92 Å². The van der Waals surface area contributed by atoms with E-state index in [4.69, 9.17) is 5.11 Å². The first kappa shape index (κ1) is 12.3. The van der Waals surface area contributed by atoms with Gasteiger partial charge in [0.1, 0.15) is 0 Å². The molecule has 0 fully saturated rings. The van der Waals surface area contributed by atoms with Gasteiger partial charge < -0.3 is 10.2 Å². The van der Waals surface area contributed by atoms with Gasteiger partial charge in [0.2, 0.25) is 0 Å². The van der Waals surface area contributed by atoms with Crippen LogP contribution in [-0.4, -0.2) is 22.2 Å². The van der Waals surface area contributed by atoms with Gasteiger partial charge in [0.05, 0.1) is 5.92 Å². The van der Waals surface area contributed by atoms with Crippen LogP contribution in [0.25, 0.3) is 0 Å². The molecule has 0 aromatic heterocycles. The maximum absolute atomic E-state index is 11.3. The molecule has 1 aliphatic carbocycles. The predicted octanol–water partition coefficient (Wildman–Crippen LogP) is 1.52. The molecule has 0 saturated heterocycles. The third kappa shape index (κ3) is 2.08. The molecule has 0 aliphatic heterocycles. The number of hydrogen-bond acceptors (Lipinski definition) is 2. The van der Waals surface area contributed by atoms with Gasteiger partial charge in [-0.05, 0) is 12.8 Å². The molecule has 0 aromatic carbocycles. The van der Waals surface area contributed by atoms with Crippen LogP contribution in [0.3, 0.4) is 0 Å². The van der Waals surface area contributed by atoms with Crippen LogP contribution in [-0.2, 0) is 9.59 Å². The number of aliphatic carboxylic acids is 2. The van der Waals surface area contributed by atoms with Crippen molar-refractivity contribution in [2.24, 2.45) is 11.3 Å². The maximum atomic E-state index is 11.3. The molecule has 0 spiro atoms. The lowest BCUT2D eigenvalue weighted by Crippen LogP contribution is -2.41. The van der Waals surface area contributed by atoms with Gasteiger partial charge in [0.25, 0.3) is 0 Å². The zero-order valence-electron chi connectivity index (χ0n) is 9.06. The summed E-state index contributed by atoms with van der Waals surface area (Å²) in [6, 6.07) is 0. The normalized spacial score (nSPS) is 27.9. The Morgan fingerprint density at radius 1 is 1.50 bits per heavy atom. The number of carboxylic acids is 2. The smallest absolute Gasteiger partial charge is 0.326 e. The largest absolute Gasteiger partial charge is 0.481 e. The highest BCUT2D eigenvalue weighted by molar-refractivity contribution is 5.89. The minimum atomic E-state index is -1.56. The van der Waals surface area contributed by atoms with Crippen molar-refractivity contribution in [3.8, 4) is 11.8 Å². The molecular weight excluding hydrogens is 208 g/mol. The fourth-order valence-corrected chi connectivity index (χ4v) is 1.83. The zero-order valence-corrected chi connectivity index (χ0v) is 9.06. The van der Waals surface area contributed by atoms with Crippen molar-refractivity contribution in [2.45, 2.75) is 26.2 Å². The van der Waals surface area contributed by atoms with Gasteiger partial charge in [0.15, 0.2) is 5.41 Å². The Kier molecular flexibility index (Phi) is 3.73. The molecule has 1 aliphatic rings. The van der Waals surface area contributed by atoms with E-state index in [9.17, 15) is 14.7 Å². The van der Waals surface area contributed by atoms with Crippen molar-refractivity contribution in [1.82, 2.24) is 0 Å². The van der Waals surface area contributed by atoms with E-state index in [-0.39, 0.29) is 0 Å². The number of carboxylic acid groups (broad SMARTS) is 2. The SMILES string of the molecule is CCC#CC1(C(=O)O)C=CCCC1C(=O)O. The number of hydrogen-bond donors (Lipinski definition) is 2. The van der Waals surface area contributed by atoms with E-state index in [1.54, 1.807) is 13.0 Å². The average molecular weight is 222 g/mol. The van der Waals surface area contributed by atoms with Gasteiger partial charge in [-0.3, -0.25) is 9.59 Å². The van der Waals surface area contributed by atoms with E-state index in [0.717, 1.165) is 0 Å². The summed E-state index contributed by atoms with van der Waals surface area (Å²) in [5.74, 6) is 2.03. The van der Waals surface area contributed by atoms with E-state index in [2.05, 4.69) is 11.8 Å². The Morgan fingerprint density at radius 3 is 2.69 bits per heavy atom. The van der Waals surface area contributed by atoms with E-state index in [1.807, 2.05) is 0 Å².